The van der Waals surface area contributed by atoms with E-state index in [2.05, 4.69) is 11.9 Å². The molecule has 4 nitrogen and oxygen atoms in total. The summed E-state index contributed by atoms with van der Waals surface area (Å²) in [5, 5.41) is 1.97. The van der Waals surface area contributed by atoms with E-state index in [0.717, 1.165) is 29.3 Å². The number of amides is 1. The molecular weight excluding hydrogens is 250 g/mol. The minimum absolute atomic E-state index is 0.102. The number of benzene rings is 1. The van der Waals surface area contributed by atoms with Crippen molar-refractivity contribution in [2.24, 2.45) is 11.7 Å². The Morgan fingerprint density at radius 1 is 1.45 bits per heavy atom. The Balaban J connectivity index is 1.97. The van der Waals surface area contributed by atoms with Gasteiger partial charge in [-0.15, -0.1) is 0 Å². The number of likely N-dealkylation sites (tertiary alicyclic amines) is 1. The fraction of sp³-hybridized carbons (Fsp3) is 0.375. The number of hydrogen-bond acceptors (Lipinski definition) is 3. The predicted molar refractivity (Wildman–Crippen MR) is 79.4 cm³/mol. The summed E-state index contributed by atoms with van der Waals surface area (Å²) in [5.74, 6) is 0.524. The molecule has 1 aromatic carbocycles. The maximum atomic E-state index is 12.8. The topological polar surface area (TPSA) is 59.2 Å². The quantitative estimate of drug-likeness (QED) is 0.907. The molecule has 1 aliphatic rings. The van der Waals surface area contributed by atoms with Crippen LogP contribution < -0.4 is 5.73 Å². The molecule has 1 fully saturated rings. The van der Waals surface area contributed by atoms with Crippen molar-refractivity contribution >= 4 is 16.7 Å². The highest BCUT2D eigenvalue weighted by atomic mass is 16.2. The summed E-state index contributed by atoms with van der Waals surface area (Å²) < 4.78 is 0. The summed E-state index contributed by atoms with van der Waals surface area (Å²) in [6.07, 6.45) is 4.52. The summed E-state index contributed by atoms with van der Waals surface area (Å²) in [6, 6.07) is 7.96. The molecule has 4 heteroatoms. The summed E-state index contributed by atoms with van der Waals surface area (Å²) in [4.78, 5) is 18.9. The number of nitrogens with two attached hydrogens (primary N) is 1. The molecule has 104 valence electrons. The predicted octanol–water partition coefficient (Wildman–Crippen LogP) is 2.04. The highest BCUT2D eigenvalue weighted by molar-refractivity contribution is 6.07. The SMILES string of the molecule is CC1CC(CN)CN1C(=O)c1cccc2cnccc12. The molecule has 2 aromatic rings. The Labute approximate surface area is 118 Å². The van der Waals surface area contributed by atoms with Gasteiger partial charge in [-0.1, -0.05) is 12.1 Å². The minimum Gasteiger partial charge on any atom is -0.336 e. The highest BCUT2D eigenvalue weighted by Crippen LogP contribution is 2.26. The second-order valence-electron chi connectivity index (χ2n) is 5.55. The molecule has 0 spiro atoms. The fourth-order valence-corrected chi connectivity index (χ4v) is 3.06. The molecule has 1 aliphatic heterocycles. The number of aromatic nitrogens is 1. The molecule has 0 saturated carbocycles. The van der Waals surface area contributed by atoms with Gasteiger partial charge in [0.1, 0.15) is 0 Å². The Kier molecular flexibility index (Phi) is 3.40. The van der Waals surface area contributed by atoms with Crippen LogP contribution in [0.4, 0.5) is 0 Å². The van der Waals surface area contributed by atoms with Crippen LogP contribution in [0.25, 0.3) is 10.8 Å². The van der Waals surface area contributed by atoms with Gasteiger partial charge in [0.25, 0.3) is 5.91 Å². The molecule has 2 N–H and O–H groups in total. The normalized spacial score (nSPS) is 22.4. The van der Waals surface area contributed by atoms with Crippen LogP contribution in [0.1, 0.15) is 23.7 Å². The summed E-state index contributed by atoms with van der Waals surface area (Å²) in [6.45, 7) is 3.51. The molecule has 1 amide bonds. The van der Waals surface area contributed by atoms with E-state index in [1.165, 1.54) is 0 Å². The first-order valence-corrected chi connectivity index (χ1v) is 7.04. The van der Waals surface area contributed by atoms with Crippen LogP contribution in [-0.2, 0) is 0 Å². The number of carbonyl (C=O) groups is 1. The van der Waals surface area contributed by atoms with Crippen molar-refractivity contribution in [3.8, 4) is 0 Å². The van der Waals surface area contributed by atoms with E-state index in [1.54, 1.807) is 12.4 Å². The van der Waals surface area contributed by atoms with E-state index in [1.807, 2.05) is 29.2 Å². The molecule has 2 unspecified atom stereocenters. The van der Waals surface area contributed by atoms with Gasteiger partial charge < -0.3 is 10.6 Å². The van der Waals surface area contributed by atoms with Gasteiger partial charge in [0.2, 0.25) is 0 Å². The molecule has 1 saturated heterocycles. The number of pyridine rings is 1. The lowest BCUT2D eigenvalue weighted by Gasteiger charge is -2.22. The second kappa shape index (κ2) is 5.21. The lowest BCUT2D eigenvalue weighted by atomic mass is 10.1. The van der Waals surface area contributed by atoms with Crippen LogP contribution in [0.15, 0.2) is 36.7 Å². The largest absolute Gasteiger partial charge is 0.336 e. The van der Waals surface area contributed by atoms with Gasteiger partial charge in [0.05, 0.1) is 0 Å². The third kappa shape index (κ3) is 2.16. The van der Waals surface area contributed by atoms with Crippen LogP contribution >= 0.6 is 0 Å². The molecule has 0 bridgehead atoms. The zero-order valence-corrected chi connectivity index (χ0v) is 11.6. The first-order chi connectivity index (χ1) is 9.70. The first kappa shape index (κ1) is 13.1. The average molecular weight is 269 g/mol. The monoisotopic (exact) mass is 269 g/mol. The zero-order chi connectivity index (χ0) is 14.1. The van der Waals surface area contributed by atoms with Gasteiger partial charge >= 0.3 is 0 Å². The third-order valence-electron chi connectivity index (χ3n) is 4.17. The van der Waals surface area contributed by atoms with E-state index < -0.39 is 0 Å². The number of nitrogens with zero attached hydrogens (tertiary/aromatic N) is 2. The van der Waals surface area contributed by atoms with Crippen LogP contribution in [0, 0.1) is 5.92 Å². The molecule has 1 aromatic heterocycles. The third-order valence-corrected chi connectivity index (χ3v) is 4.17. The van der Waals surface area contributed by atoms with E-state index in [9.17, 15) is 4.79 Å². The molecule has 0 aliphatic carbocycles. The minimum atomic E-state index is 0.102. The van der Waals surface area contributed by atoms with Gasteiger partial charge in [-0.2, -0.15) is 0 Å². The lowest BCUT2D eigenvalue weighted by molar-refractivity contribution is 0.0745. The van der Waals surface area contributed by atoms with Gasteiger partial charge in [0.15, 0.2) is 0 Å². The summed E-state index contributed by atoms with van der Waals surface area (Å²) in [7, 11) is 0. The van der Waals surface area contributed by atoms with Crippen molar-refractivity contribution < 1.29 is 4.79 Å². The Hall–Kier alpha value is -1.94. The molecule has 2 heterocycles. The number of rotatable bonds is 2. The summed E-state index contributed by atoms with van der Waals surface area (Å²) >= 11 is 0. The number of fused-ring (bicyclic) bond motifs is 1. The highest BCUT2D eigenvalue weighted by Gasteiger charge is 2.32. The molecule has 3 rings (SSSR count). The van der Waals surface area contributed by atoms with Crippen molar-refractivity contribution in [3.63, 3.8) is 0 Å². The standard InChI is InChI=1S/C16H19N3O/c1-11-7-12(8-17)10-19(11)16(20)15-4-2-3-13-9-18-6-5-14(13)15/h2-6,9,11-12H,7-8,10,17H2,1H3. The Morgan fingerprint density at radius 2 is 2.30 bits per heavy atom. The van der Waals surface area contributed by atoms with Crippen molar-refractivity contribution in [2.75, 3.05) is 13.1 Å². The van der Waals surface area contributed by atoms with Gasteiger partial charge in [0, 0.05) is 35.9 Å². The van der Waals surface area contributed by atoms with Crippen LogP contribution in [-0.4, -0.2) is 34.9 Å². The van der Waals surface area contributed by atoms with Crippen LogP contribution in [0.5, 0.6) is 0 Å². The van der Waals surface area contributed by atoms with E-state index in [4.69, 9.17) is 5.73 Å². The smallest absolute Gasteiger partial charge is 0.254 e. The first-order valence-electron chi connectivity index (χ1n) is 7.04. The Bertz CT molecular complexity index is 635. The average Bonchev–Trinajstić information content (AvgIpc) is 2.87. The molecule has 20 heavy (non-hydrogen) atoms. The fourth-order valence-electron chi connectivity index (χ4n) is 3.06. The molecular formula is C16H19N3O. The second-order valence-corrected chi connectivity index (χ2v) is 5.55. The number of carbonyl (C=O) groups excluding carboxylic acids is 1. The maximum absolute atomic E-state index is 12.8. The van der Waals surface area contributed by atoms with Crippen LogP contribution in [0.2, 0.25) is 0 Å². The van der Waals surface area contributed by atoms with E-state index in [0.29, 0.717) is 12.5 Å². The van der Waals surface area contributed by atoms with E-state index in [-0.39, 0.29) is 11.9 Å². The van der Waals surface area contributed by atoms with Crippen molar-refractivity contribution in [1.29, 1.82) is 0 Å². The number of hydrogen-bond donors (Lipinski definition) is 1. The maximum Gasteiger partial charge on any atom is 0.254 e. The van der Waals surface area contributed by atoms with Gasteiger partial charge in [-0.25, -0.2) is 0 Å². The van der Waals surface area contributed by atoms with Crippen LogP contribution in [0.3, 0.4) is 0 Å². The molecule has 0 radical (unpaired) electrons. The summed E-state index contributed by atoms with van der Waals surface area (Å²) in [5.41, 5.74) is 6.50. The van der Waals surface area contributed by atoms with Crippen molar-refractivity contribution in [1.82, 2.24) is 9.88 Å². The van der Waals surface area contributed by atoms with Gasteiger partial charge in [-0.05, 0) is 43.3 Å². The van der Waals surface area contributed by atoms with Gasteiger partial charge in [-0.3, -0.25) is 9.78 Å². The van der Waals surface area contributed by atoms with Crippen molar-refractivity contribution in [3.05, 3.63) is 42.2 Å². The Morgan fingerprint density at radius 3 is 3.05 bits per heavy atom. The molecule has 2 atom stereocenters. The lowest BCUT2D eigenvalue weighted by Crippen LogP contribution is -2.34. The zero-order valence-electron chi connectivity index (χ0n) is 11.6. The van der Waals surface area contributed by atoms with E-state index >= 15 is 0 Å². The van der Waals surface area contributed by atoms with Crippen molar-refractivity contribution in [2.45, 2.75) is 19.4 Å².